The van der Waals surface area contributed by atoms with Gasteiger partial charge in [-0.2, -0.15) is 0 Å². The monoisotopic (exact) mass is 343 g/mol. The van der Waals surface area contributed by atoms with Crippen LogP contribution >= 0.6 is 11.6 Å². The van der Waals surface area contributed by atoms with Crippen molar-refractivity contribution >= 4 is 35.3 Å². The van der Waals surface area contributed by atoms with Crippen molar-refractivity contribution < 1.29 is 29.3 Å². The van der Waals surface area contributed by atoms with Crippen LogP contribution in [0, 0.1) is 0 Å². The molecule has 23 heavy (non-hydrogen) atoms. The number of rotatable bonds is 5. The normalized spacial score (nSPS) is 12.3. The van der Waals surface area contributed by atoms with Gasteiger partial charge in [-0.1, -0.05) is 17.7 Å². The zero-order valence-corrected chi connectivity index (χ0v) is 13.7. The highest BCUT2D eigenvalue weighted by Gasteiger charge is 2.24. The molecule has 0 aliphatic heterocycles. The molecule has 126 valence electrons. The number of halogens is 1. The molecule has 0 bridgehead atoms. The summed E-state index contributed by atoms with van der Waals surface area (Å²) in [7, 11) is 0. The van der Waals surface area contributed by atoms with E-state index in [1.54, 1.807) is 20.8 Å². The fourth-order valence-corrected chi connectivity index (χ4v) is 1.96. The smallest absolute Gasteiger partial charge is 0.412 e. The molecule has 1 aromatic rings. The van der Waals surface area contributed by atoms with Crippen molar-refractivity contribution in [2.24, 2.45) is 0 Å². The van der Waals surface area contributed by atoms with Crippen molar-refractivity contribution in [3.63, 3.8) is 0 Å². The number of carbonyl (C=O) groups is 3. The molecule has 8 heteroatoms. The van der Waals surface area contributed by atoms with Gasteiger partial charge in [0.15, 0.2) is 0 Å². The predicted molar refractivity (Wildman–Crippen MR) is 83.9 cm³/mol. The predicted octanol–water partition coefficient (Wildman–Crippen LogP) is 3.33. The molecule has 1 atom stereocenters. The number of hydrogen-bond acceptors (Lipinski definition) is 4. The fourth-order valence-electron chi connectivity index (χ4n) is 1.79. The first-order chi connectivity index (χ1) is 10.5. The number of nitrogens with one attached hydrogen (secondary N) is 1. The summed E-state index contributed by atoms with van der Waals surface area (Å²) in [6.45, 7) is 5.08. The number of aliphatic carboxylic acids is 2. The molecule has 3 N–H and O–H groups in total. The van der Waals surface area contributed by atoms with Crippen LogP contribution in [-0.4, -0.2) is 33.8 Å². The van der Waals surface area contributed by atoms with Crippen LogP contribution in [0.5, 0.6) is 0 Å². The second-order valence-electron chi connectivity index (χ2n) is 5.85. The Kier molecular flexibility index (Phi) is 5.98. The molecular formula is C15H18ClNO6. The number of carboxylic acid groups (broad SMARTS) is 2. The van der Waals surface area contributed by atoms with Gasteiger partial charge in [0, 0.05) is 0 Å². The van der Waals surface area contributed by atoms with E-state index in [-0.39, 0.29) is 16.3 Å². The molecule has 1 aromatic carbocycles. The van der Waals surface area contributed by atoms with Crippen molar-refractivity contribution in [3.8, 4) is 0 Å². The Balaban J connectivity index is 3.04. The van der Waals surface area contributed by atoms with Gasteiger partial charge in [0.2, 0.25) is 0 Å². The average molecular weight is 344 g/mol. The summed E-state index contributed by atoms with van der Waals surface area (Å²) in [5.41, 5.74) is -0.341. The van der Waals surface area contributed by atoms with Crippen molar-refractivity contribution in [1.29, 1.82) is 0 Å². The molecule has 0 radical (unpaired) electrons. The number of hydrogen-bond donors (Lipinski definition) is 3. The van der Waals surface area contributed by atoms with Crippen LogP contribution < -0.4 is 5.32 Å². The number of anilines is 1. The quantitative estimate of drug-likeness (QED) is 0.755. The fraction of sp³-hybridized carbons (Fsp3) is 0.400. The Bertz CT molecular complexity index is 623. The third-order valence-electron chi connectivity index (χ3n) is 2.71. The lowest BCUT2D eigenvalue weighted by Crippen LogP contribution is -2.27. The molecule has 0 aromatic heterocycles. The van der Waals surface area contributed by atoms with E-state index in [4.69, 9.17) is 26.6 Å². The zero-order chi connectivity index (χ0) is 17.8. The van der Waals surface area contributed by atoms with Gasteiger partial charge >= 0.3 is 18.0 Å². The largest absolute Gasteiger partial charge is 0.481 e. The van der Waals surface area contributed by atoms with Gasteiger partial charge in [0.1, 0.15) is 5.60 Å². The summed E-state index contributed by atoms with van der Waals surface area (Å²) < 4.78 is 5.09. The maximum Gasteiger partial charge on any atom is 0.412 e. The summed E-state index contributed by atoms with van der Waals surface area (Å²) in [4.78, 5) is 33.8. The summed E-state index contributed by atoms with van der Waals surface area (Å²) >= 11 is 5.97. The van der Waals surface area contributed by atoms with E-state index in [0.717, 1.165) is 0 Å². The Morgan fingerprint density at radius 3 is 2.35 bits per heavy atom. The number of amides is 1. The van der Waals surface area contributed by atoms with E-state index < -0.39 is 36.0 Å². The zero-order valence-electron chi connectivity index (χ0n) is 12.9. The van der Waals surface area contributed by atoms with Crippen LogP contribution in [0.3, 0.4) is 0 Å². The standard InChI is InChI=1S/C15H18ClNO6/c1-15(2,3)23-14(22)17-11-6-8(4-5-10(11)16)9(13(20)21)7-12(18)19/h4-6,9H,7H2,1-3H3,(H,17,22)(H,18,19)(H,20,21). The van der Waals surface area contributed by atoms with E-state index in [9.17, 15) is 14.4 Å². The van der Waals surface area contributed by atoms with Crippen molar-refractivity contribution in [2.45, 2.75) is 38.7 Å². The first-order valence-corrected chi connectivity index (χ1v) is 7.11. The Labute approximate surface area is 138 Å². The Hall–Kier alpha value is -2.28. The molecule has 1 amide bonds. The summed E-state index contributed by atoms with van der Waals surface area (Å²) in [5.74, 6) is -3.77. The third kappa shape index (κ3) is 6.15. The van der Waals surface area contributed by atoms with Crippen molar-refractivity contribution in [1.82, 2.24) is 0 Å². The van der Waals surface area contributed by atoms with Crippen LogP contribution in [0.25, 0.3) is 0 Å². The third-order valence-corrected chi connectivity index (χ3v) is 3.03. The highest BCUT2D eigenvalue weighted by atomic mass is 35.5. The lowest BCUT2D eigenvalue weighted by Gasteiger charge is -2.20. The second kappa shape index (κ2) is 7.32. The highest BCUT2D eigenvalue weighted by molar-refractivity contribution is 6.33. The summed E-state index contributed by atoms with van der Waals surface area (Å²) in [5, 5.41) is 20.6. The number of ether oxygens (including phenoxy) is 1. The molecule has 0 fully saturated rings. The van der Waals surface area contributed by atoms with Gasteiger partial charge in [-0.3, -0.25) is 14.9 Å². The van der Waals surface area contributed by atoms with Gasteiger partial charge in [-0.15, -0.1) is 0 Å². The first-order valence-electron chi connectivity index (χ1n) is 6.73. The van der Waals surface area contributed by atoms with E-state index in [1.807, 2.05) is 0 Å². The van der Waals surface area contributed by atoms with Gasteiger partial charge < -0.3 is 14.9 Å². The number of carboxylic acids is 2. The van der Waals surface area contributed by atoms with Crippen LogP contribution in [-0.2, 0) is 14.3 Å². The molecule has 0 aliphatic carbocycles. The van der Waals surface area contributed by atoms with Gasteiger partial charge in [0.05, 0.1) is 23.0 Å². The summed E-state index contributed by atoms with van der Waals surface area (Å²) in [6.07, 6.45) is -1.33. The molecule has 0 heterocycles. The molecule has 0 saturated heterocycles. The lowest BCUT2D eigenvalue weighted by molar-refractivity contribution is -0.145. The number of carbonyl (C=O) groups excluding carboxylic acids is 1. The SMILES string of the molecule is CC(C)(C)OC(=O)Nc1cc(C(CC(=O)O)C(=O)O)ccc1Cl. The Morgan fingerprint density at radius 1 is 1.26 bits per heavy atom. The molecule has 0 saturated carbocycles. The molecule has 7 nitrogen and oxygen atoms in total. The van der Waals surface area contributed by atoms with Crippen LogP contribution in [0.15, 0.2) is 18.2 Å². The van der Waals surface area contributed by atoms with Crippen LogP contribution in [0.4, 0.5) is 10.5 Å². The van der Waals surface area contributed by atoms with Gasteiger partial charge in [-0.05, 0) is 38.5 Å². The topological polar surface area (TPSA) is 113 Å². The Morgan fingerprint density at radius 2 is 1.87 bits per heavy atom. The van der Waals surface area contributed by atoms with Crippen LogP contribution in [0.2, 0.25) is 5.02 Å². The van der Waals surface area contributed by atoms with Gasteiger partial charge in [0.25, 0.3) is 0 Å². The molecule has 0 spiro atoms. The van der Waals surface area contributed by atoms with E-state index in [1.165, 1.54) is 18.2 Å². The number of benzene rings is 1. The van der Waals surface area contributed by atoms with E-state index in [2.05, 4.69) is 5.32 Å². The minimum absolute atomic E-state index is 0.148. The molecular weight excluding hydrogens is 326 g/mol. The van der Waals surface area contributed by atoms with Crippen LogP contribution in [0.1, 0.15) is 38.7 Å². The molecule has 0 aliphatic rings. The molecule has 1 unspecified atom stereocenters. The highest BCUT2D eigenvalue weighted by Crippen LogP contribution is 2.29. The average Bonchev–Trinajstić information content (AvgIpc) is 2.36. The summed E-state index contributed by atoms with van der Waals surface area (Å²) in [6, 6.07) is 4.12. The van der Waals surface area contributed by atoms with E-state index >= 15 is 0 Å². The first kappa shape index (κ1) is 18.8. The minimum Gasteiger partial charge on any atom is -0.481 e. The van der Waals surface area contributed by atoms with Crippen molar-refractivity contribution in [2.75, 3.05) is 5.32 Å². The maximum atomic E-state index is 11.8. The van der Waals surface area contributed by atoms with E-state index in [0.29, 0.717) is 0 Å². The maximum absolute atomic E-state index is 11.8. The second-order valence-corrected chi connectivity index (χ2v) is 6.26. The minimum atomic E-state index is -1.28. The lowest BCUT2D eigenvalue weighted by atomic mass is 9.95. The van der Waals surface area contributed by atoms with Gasteiger partial charge in [-0.25, -0.2) is 4.79 Å². The molecule has 1 rings (SSSR count). The van der Waals surface area contributed by atoms with Crippen molar-refractivity contribution in [3.05, 3.63) is 28.8 Å².